The van der Waals surface area contributed by atoms with Crippen LogP contribution in [-0.2, 0) is 6.42 Å². The smallest absolute Gasteiger partial charge is 0.00201 e. The summed E-state index contributed by atoms with van der Waals surface area (Å²) in [5.74, 6) is 0.714. The van der Waals surface area contributed by atoms with Gasteiger partial charge in [-0.15, -0.1) is 0 Å². The van der Waals surface area contributed by atoms with E-state index in [1.54, 1.807) is 0 Å². The van der Waals surface area contributed by atoms with E-state index in [1.807, 2.05) is 0 Å². The molecule has 0 amide bonds. The van der Waals surface area contributed by atoms with Crippen molar-refractivity contribution in [1.82, 2.24) is 5.32 Å². The van der Waals surface area contributed by atoms with Crippen molar-refractivity contribution in [3.63, 3.8) is 0 Å². The van der Waals surface area contributed by atoms with Gasteiger partial charge in [-0.2, -0.15) is 0 Å². The first-order valence-corrected chi connectivity index (χ1v) is 5.89. The van der Waals surface area contributed by atoms with Crippen molar-refractivity contribution < 1.29 is 0 Å². The van der Waals surface area contributed by atoms with E-state index in [0.29, 0.717) is 5.92 Å². The van der Waals surface area contributed by atoms with Gasteiger partial charge in [0.05, 0.1) is 0 Å². The van der Waals surface area contributed by atoms with E-state index in [2.05, 4.69) is 51.2 Å². The lowest BCUT2D eigenvalue weighted by Crippen LogP contribution is -2.21. The van der Waals surface area contributed by atoms with Crippen LogP contribution in [0.25, 0.3) is 0 Å². The Morgan fingerprint density at radius 1 is 1.13 bits per heavy atom. The Morgan fingerprint density at radius 2 is 1.73 bits per heavy atom. The van der Waals surface area contributed by atoms with Gasteiger partial charge in [0.25, 0.3) is 0 Å². The number of hydrogen-bond acceptors (Lipinski definition) is 1. The third-order valence-corrected chi connectivity index (χ3v) is 2.61. The molecule has 1 aromatic rings. The zero-order valence-corrected chi connectivity index (χ0v) is 10.4. The summed E-state index contributed by atoms with van der Waals surface area (Å²) in [6, 6.07) is 6.84. The zero-order valence-electron chi connectivity index (χ0n) is 10.4. The number of benzene rings is 1. The highest BCUT2D eigenvalue weighted by Crippen LogP contribution is 2.13. The summed E-state index contributed by atoms with van der Waals surface area (Å²) in [5, 5.41) is 3.40. The molecule has 1 atom stereocenters. The predicted molar refractivity (Wildman–Crippen MR) is 67.3 cm³/mol. The second kappa shape index (κ2) is 5.92. The van der Waals surface area contributed by atoms with Crippen molar-refractivity contribution in [3.8, 4) is 0 Å². The highest BCUT2D eigenvalue weighted by molar-refractivity contribution is 5.28. The minimum atomic E-state index is 0.714. The summed E-state index contributed by atoms with van der Waals surface area (Å²) < 4.78 is 0. The molecule has 15 heavy (non-hydrogen) atoms. The maximum Gasteiger partial charge on any atom is -0.00201 e. The van der Waals surface area contributed by atoms with Crippen LogP contribution in [0.5, 0.6) is 0 Å². The lowest BCUT2D eigenvalue weighted by Gasteiger charge is -2.12. The minimum Gasteiger partial charge on any atom is -0.317 e. The molecular formula is C14H23N. The van der Waals surface area contributed by atoms with Gasteiger partial charge in [-0.1, -0.05) is 43.2 Å². The molecule has 1 heteroatoms. The molecule has 1 rings (SSSR count). The first-order valence-electron chi connectivity index (χ1n) is 5.89. The van der Waals surface area contributed by atoms with E-state index in [0.717, 1.165) is 13.1 Å². The fraction of sp³-hybridized carbons (Fsp3) is 0.571. The van der Waals surface area contributed by atoms with Gasteiger partial charge in [-0.25, -0.2) is 0 Å². The molecule has 0 aliphatic rings. The maximum absolute atomic E-state index is 3.40. The number of rotatable bonds is 5. The number of aryl methyl sites for hydroxylation is 2. The Kier molecular flexibility index (Phi) is 4.83. The van der Waals surface area contributed by atoms with E-state index < -0.39 is 0 Å². The van der Waals surface area contributed by atoms with E-state index in [9.17, 15) is 0 Å². The van der Waals surface area contributed by atoms with E-state index in [1.165, 1.54) is 23.1 Å². The van der Waals surface area contributed by atoms with Gasteiger partial charge in [0.1, 0.15) is 0 Å². The van der Waals surface area contributed by atoms with Crippen LogP contribution >= 0.6 is 0 Å². The molecule has 0 heterocycles. The summed E-state index contributed by atoms with van der Waals surface area (Å²) in [6.45, 7) is 11.0. The monoisotopic (exact) mass is 205 g/mol. The Labute approximate surface area is 93.9 Å². The number of hydrogen-bond donors (Lipinski definition) is 1. The zero-order chi connectivity index (χ0) is 11.3. The van der Waals surface area contributed by atoms with Gasteiger partial charge in [0, 0.05) is 0 Å². The van der Waals surface area contributed by atoms with Gasteiger partial charge in [0.2, 0.25) is 0 Å². The number of nitrogens with one attached hydrogen (secondary N) is 1. The Hall–Kier alpha value is -0.820. The normalized spacial score (nSPS) is 12.8. The summed E-state index contributed by atoms with van der Waals surface area (Å²) in [7, 11) is 0. The average Bonchev–Trinajstić information content (AvgIpc) is 2.13. The summed E-state index contributed by atoms with van der Waals surface area (Å²) in [4.78, 5) is 0. The van der Waals surface area contributed by atoms with E-state index in [4.69, 9.17) is 0 Å². The second-order valence-corrected chi connectivity index (χ2v) is 4.61. The van der Waals surface area contributed by atoms with Gasteiger partial charge >= 0.3 is 0 Å². The Bertz CT molecular complexity index is 284. The molecule has 0 bridgehead atoms. The van der Waals surface area contributed by atoms with Crippen LogP contribution < -0.4 is 5.32 Å². The van der Waals surface area contributed by atoms with Crippen LogP contribution in [0.4, 0.5) is 0 Å². The molecule has 1 aromatic carbocycles. The lowest BCUT2D eigenvalue weighted by atomic mass is 9.98. The van der Waals surface area contributed by atoms with Crippen molar-refractivity contribution in [2.75, 3.05) is 13.1 Å². The molecular weight excluding hydrogens is 182 g/mol. The first kappa shape index (κ1) is 12.3. The quantitative estimate of drug-likeness (QED) is 0.779. The largest absolute Gasteiger partial charge is 0.317 e. The van der Waals surface area contributed by atoms with Crippen LogP contribution in [-0.4, -0.2) is 13.1 Å². The van der Waals surface area contributed by atoms with Gasteiger partial charge in [0.15, 0.2) is 0 Å². The van der Waals surface area contributed by atoms with E-state index in [-0.39, 0.29) is 0 Å². The van der Waals surface area contributed by atoms with Crippen molar-refractivity contribution >= 4 is 0 Å². The third kappa shape index (κ3) is 4.48. The lowest BCUT2D eigenvalue weighted by molar-refractivity contribution is 0.521. The third-order valence-electron chi connectivity index (χ3n) is 2.61. The predicted octanol–water partition coefficient (Wildman–Crippen LogP) is 3.09. The summed E-state index contributed by atoms with van der Waals surface area (Å²) in [5.41, 5.74) is 4.22. The standard InChI is InChI=1S/C14H23N/c1-5-15-10-13(4)9-14-7-11(2)6-12(3)8-14/h6-8,13,15H,5,9-10H2,1-4H3. The average molecular weight is 205 g/mol. The molecule has 0 fully saturated rings. The molecule has 0 radical (unpaired) electrons. The SMILES string of the molecule is CCNCC(C)Cc1cc(C)cc(C)c1. The van der Waals surface area contributed by atoms with E-state index >= 15 is 0 Å². The molecule has 0 aromatic heterocycles. The molecule has 0 saturated carbocycles. The highest BCUT2D eigenvalue weighted by Gasteiger charge is 2.03. The fourth-order valence-electron chi connectivity index (χ4n) is 2.05. The molecule has 0 spiro atoms. The minimum absolute atomic E-state index is 0.714. The second-order valence-electron chi connectivity index (χ2n) is 4.61. The summed E-state index contributed by atoms with van der Waals surface area (Å²) in [6.07, 6.45) is 1.18. The molecule has 84 valence electrons. The highest BCUT2D eigenvalue weighted by atomic mass is 14.8. The molecule has 0 saturated heterocycles. The van der Waals surface area contributed by atoms with Gasteiger partial charge in [-0.05, 0) is 44.8 Å². The molecule has 1 nitrogen and oxygen atoms in total. The molecule has 1 N–H and O–H groups in total. The van der Waals surface area contributed by atoms with Crippen LogP contribution in [0.1, 0.15) is 30.5 Å². The molecule has 0 aliphatic carbocycles. The van der Waals surface area contributed by atoms with Crippen LogP contribution in [0, 0.1) is 19.8 Å². The van der Waals surface area contributed by atoms with Crippen LogP contribution in [0.3, 0.4) is 0 Å². The molecule has 0 aliphatic heterocycles. The van der Waals surface area contributed by atoms with Gasteiger partial charge in [-0.3, -0.25) is 0 Å². The van der Waals surface area contributed by atoms with Crippen LogP contribution in [0.2, 0.25) is 0 Å². The topological polar surface area (TPSA) is 12.0 Å². The summed E-state index contributed by atoms with van der Waals surface area (Å²) >= 11 is 0. The Balaban J connectivity index is 2.56. The van der Waals surface area contributed by atoms with Crippen LogP contribution in [0.15, 0.2) is 18.2 Å². The van der Waals surface area contributed by atoms with Crippen molar-refractivity contribution in [2.24, 2.45) is 5.92 Å². The van der Waals surface area contributed by atoms with Crippen molar-refractivity contribution in [1.29, 1.82) is 0 Å². The van der Waals surface area contributed by atoms with Crippen molar-refractivity contribution in [2.45, 2.75) is 34.1 Å². The Morgan fingerprint density at radius 3 is 2.27 bits per heavy atom. The maximum atomic E-state index is 3.40. The van der Waals surface area contributed by atoms with Crippen molar-refractivity contribution in [3.05, 3.63) is 34.9 Å². The van der Waals surface area contributed by atoms with Gasteiger partial charge < -0.3 is 5.32 Å². The fourth-order valence-corrected chi connectivity index (χ4v) is 2.05. The first-order chi connectivity index (χ1) is 7.11. The molecule has 1 unspecified atom stereocenters.